The van der Waals surface area contributed by atoms with Gasteiger partial charge in [0.15, 0.2) is 0 Å². The van der Waals surface area contributed by atoms with Crippen molar-refractivity contribution in [1.29, 1.82) is 0 Å². The Balaban J connectivity index is 1.46. The van der Waals surface area contributed by atoms with E-state index in [1.165, 1.54) is 6.42 Å². The van der Waals surface area contributed by atoms with Gasteiger partial charge in [0.25, 0.3) is 0 Å². The fourth-order valence-corrected chi connectivity index (χ4v) is 4.27. The van der Waals surface area contributed by atoms with Crippen LogP contribution in [0.5, 0.6) is 5.75 Å². The first-order valence-electron chi connectivity index (χ1n) is 11.0. The smallest absolute Gasteiger partial charge is 0.134 e. The Morgan fingerprint density at radius 3 is 2.47 bits per heavy atom. The number of ether oxygens (including phenoxy) is 2. The van der Waals surface area contributed by atoms with E-state index < -0.39 is 5.60 Å². The molecule has 0 radical (unpaired) electrons. The Morgan fingerprint density at radius 2 is 1.67 bits per heavy atom. The molecule has 0 amide bonds. The van der Waals surface area contributed by atoms with Crippen LogP contribution < -0.4 is 4.74 Å². The summed E-state index contributed by atoms with van der Waals surface area (Å²) in [4.78, 5) is 4.82. The lowest BCUT2D eigenvalue weighted by Crippen LogP contribution is -2.32. The van der Waals surface area contributed by atoms with Crippen LogP contribution in [0.1, 0.15) is 55.3 Å². The Labute approximate surface area is 178 Å². The van der Waals surface area contributed by atoms with Crippen molar-refractivity contribution in [2.24, 2.45) is 0 Å². The van der Waals surface area contributed by atoms with Gasteiger partial charge in [0.2, 0.25) is 0 Å². The average Bonchev–Trinajstić information content (AvgIpc) is 2.77. The molecule has 30 heavy (non-hydrogen) atoms. The molecule has 0 atom stereocenters. The van der Waals surface area contributed by atoms with Crippen molar-refractivity contribution >= 4 is 10.9 Å². The average molecular weight is 406 g/mol. The van der Waals surface area contributed by atoms with Crippen LogP contribution in [0.2, 0.25) is 0 Å². The van der Waals surface area contributed by atoms with E-state index in [9.17, 15) is 5.11 Å². The third-order valence-corrected chi connectivity index (χ3v) is 6.14. The zero-order chi connectivity index (χ0) is 20.8. The molecule has 158 valence electrons. The van der Waals surface area contributed by atoms with Crippen LogP contribution in [0.4, 0.5) is 0 Å². The van der Waals surface area contributed by atoms with Gasteiger partial charge in [-0.2, -0.15) is 0 Å². The number of rotatable bonds is 8. The molecule has 0 unspecified atom stereocenters. The molecule has 1 heterocycles. The van der Waals surface area contributed by atoms with E-state index in [1.54, 1.807) is 0 Å². The van der Waals surface area contributed by atoms with Crippen LogP contribution in [0, 0.1) is 6.92 Å². The van der Waals surface area contributed by atoms with E-state index in [-0.39, 0.29) is 0 Å². The van der Waals surface area contributed by atoms with Crippen LogP contribution in [0.3, 0.4) is 0 Å². The predicted molar refractivity (Wildman–Crippen MR) is 120 cm³/mol. The van der Waals surface area contributed by atoms with Gasteiger partial charge in [0, 0.05) is 17.6 Å². The van der Waals surface area contributed by atoms with E-state index in [2.05, 4.69) is 18.2 Å². The van der Waals surface area contributed by atoms with Gasteiger partial charge < -0.3 is 14.6 Å². The first-order chi connectivity index (χ1) is 14.6. The van der Waals surface area contributed by atoms with Crippen molar-refractivity contribution in [3.63, 3.8) is 0 Å². The van der Waals surface area contributed by atoms with E-state index >= 15 is 0 Å². The van der Waals surface area contributed by atoms with Crippen LogP contribution in [0.15, 0.2) is 54.6 Å². The number of fused-ring (bicyclic) bond motifs is 1. The highest BCUT2D eigenvalue weighted by molar-refractivity contribution is 5.86. The summed E-state index contributed by atoms with van der Waals surface area (Å²) in [7, 11) is 0. The van der Waals surface area contributed by atoms with Gasteiger partial charge in [-0.3, -0.25) is 0 Å². The lowest BCUT2D eigenvalue weighted by Gasteiger charge is -2.31. The van der Waals surface area contributed by atoms with Gasteiger partial charge in [-0.1, -0.05) is 61.7 Å². The lowest BCUT2D eigenvalue weighted by molar-refractivity contribution is -0.0300. The minimum Gasteiger partial charge on any atom is -0.488 e. The number of hydrogen-bond acceptors (Lipinski definition) is 4. The number of aliphatic hydroxyl groups is 1. The highest BCUT2D eigenvalue weighted by Gasteiger charge is 2.28. The summed E-state index contributed by atoms with van der Waals surface area (Å²) in [6, 6.07) is 18.3. The summed E-state index contributed by atoms with van der Waals surface area (Å²) in [5.41, 5.74) is 3.41. The number of aromatic nitrogens is 1. The zero-order valence-corrected chi connectivity index (χ0v) is 17.8. The Hall–Kier alpha value is -2.43. The normalized spacial score (nSPS) is 15.9. The molecule has 2 aromatic carbocycles. The van der Waals surface area contributed by atoms with Crippen LogP contribution in [-0.4, -0.2) is 22.3 Å². The van der Waals surface area contributed by atoms with E-state index in [4.69, 9.17) is 14.5 Å². The number of para-hydroxylation sites is 1. The molecule has 1 aromatic heterocycles. The maximum absolute atomic E-state index is 10.7. The second kappa shape index (κ2) is 9.59. The third-order valence-electron chi connectivity index (χ3n) is 6.14. The summed E-state index contributed by atoms with van der Waals surface area (Å²) < 4.78 is 12.2. The van der Waals surface area contributed by atoms with Crippen molar-refractivity contribution < 1.29 is 14.6 Å². The second-order valence-corrected chi connectivity index (χ2v) is 8.39. The molecule has 1 aliphatic carbocycles. The van der Waals surface area contributed by atoms with E-state index in [0.717, 1.165) is 59.2 Å². The van der Waals surface area contributed by atoms with Crippen molar-refractivity contribution in [3.05, 3.63) is 71.4 Å². The van der Waals surface area contributed by atoms with Gasteiger partial charge in [0.1, 0.15) is 12.4 Å². The molecular weight excluding hydrogens is 374 g/mol. The van der Waals surface area contributed by atoms with Gasteiger partial charge in [-0.15, -0.1) is 0 Å². The van der Waals surface area contributed by atoms with Gasteiger partial charge >= 0.3 is 0 Å². The van der Waals surface area contributed by atoms with Crippen LogP contribution in [0.25, 0.3) is 10.9 Å². The molecule has 0 bridgehead atoms. The zero-order valence-electron chi connectivity index (χ0n) is 17.8. The molecule has 1 saturated carbocycles. The minimum atomic E-state index is -0.548. The van der Waals surface area contributed by atoms with Crippen molar-refractivity contribution in [2.45, 2.75) is 64.3 Å². The molecule has 0 saturated heterocycles. The topological polar surface area (TPSA) is 51.6 Å². The van der Waals surface area contributed by atoms with Crippen molar-refractivity contribution in [1.82, 2.24) is 4.98 Å². The minimum absolute atomic E-state index is 0.425. The molecule has 1 fully saturated rings. The van der Waals surface area contributed by atoms with Gasteiger partial charge in [-0.05, 0) is 43.9 Å². The van der Waals surface area contributed by atoms with Crippen molar-refractivity contribution in [2.75, 3.05) is 6.61 Å². The molecule has 3 aromatic rings. The highest BCUT2D eigenvalue weighted by atomic mass is 16.5. The first-order valence-corrected chi connectivity index (χ1v) is 11.0. The standard InChI is InChI=1S/C26H31NO3/c1-20-24(19-29-17-16-26(28)14-8-3-9-15-26)27-23-13-7-6-12-22(23)25(20)30-18-21-10-4-2-5-11-21/h2,4-7,10-13,28H,3,8-9,14-19H2,1H3. The fraction of sp³-hybridized carbons (Fsp3) is 0.423. The predicted octanol–water partition coefficient (Wildman–Crippen LogP) is 5.72. The van der Waals surface area contributed by atoms with Crippen LogP contribution in [-0.2, 0) is 18.0 Å². The summed E-state index contributed by atoms with van der Waals surface area (Å²) in [5, 5.41) is 11.7. The summed E-state index contributed by atoms with van der Waals surface area (Å²) in [5.74, 6) is 0.869. The summed E-state index contributed by atoms with van der Waals surface area (Å²) >= 11 is 0. The molecule has 4 nitrogen and oxygen atoms in total. The highest BCUT2D eigenvalue weighted by Crippen LogP contribution is 2.33. The quantitative estimate of drug-likeness (QED) is 0.487. The fourth-order valence-electron chi connectivity index (χ4n) is 4.27. The van der Waals surface area contributed by atoms with E-state index in [0.29, 0.717) is 26.2 Å². The number of pyridine rings is 1. The molecule has 0 spiro atoms. The molecule has 4 rings (SSSR count). The van der Waals surface area contributed by atoms with Gasteiger partial charge in [-0.25, -0.2) is 4.98 Å². The molecule has 1 aliphatic rings. The second-order valence-electron chi connectivity index (χ2n) is 8.39. The summed E-state index contributed by atoms with van der Waals surface area (Å²) in [6.45, 7) is 3.54. The Kier molecular flexibility index (Phi) is 6.66. The number of hydrogen-bond donors (Lipinski definition) is 1. The monoisotopic (exact) mass is 405 g/mol. The Bertz CT molecular complexity index is 965. The lowest BCUT2D eigenvalue weighted by atomic mass is 9.83. The maximum Gasteiger partial charge on any atom is 0.134 e. The van der Waals surface area contributed by atoms with Crippen LogP contribution >= 0.6 is 0 Å². The molecule has 4 heteroatoms. The third kappa shape index (κ3) is 5.00. The SMILES string of the molecule is Cc1c(COCCC2(O)CCCCC2)nc2ccccc2c1OCc1ccccc1. The maximum atomic E-state index is 10.7. The largest absolute Gasteiger partial charge is 0.488 e. The first kappa shape index (κ1) is 20.8. The molecule has 1 N–H and O–H groups in total. The van der Waals surface area contributed by atoms with E-state index in [1.807, 2.05) is 43.3 Å². The Morgan fingerprint density at radius 1 is 0.933 bits per heavy atom. The van der Waals surface area contributed by atoms with Crippen molar-refractivity contribution in [3.8, 4) is 5.75 Å². The molecule has 0 aliphatic heterocycles. The number of benzene rings is 2. The molecular formula is C26H31NO3. The number of nitrogens with zero attached hydrogens (tertiary/aromatic N) is 1. The summed E-state index contributed by atoms with van der Waals surface area (Å²) in [6.07, 6.45) is 5.93. The van der Waals surface area contributed by atoms with Gasteiger partial charge in [0.05, 0.1) is 23.4 Å².